The Labute approximate surface area is 159 Å². The van der Waals surface area contributed by atoms with Crippen molar-refractivity contribution in [3.63, 3.8) is 0 Å². The van der Waals surface area contributed by atoms with Crippen molar-refractivity contribution in [1.82, 2.24) is 30.3 Å². The lowest BCUT2D eigenvalue weighted by molar-refractivity contribution is 0.00526. The first-order valence-corrected chi connectivity index (χ1v) is 9.17. The molecule has 0 radical (unpaired) electrons. The molecule has 2 heterocycles. The van der Waals surface area contributed by atoms with E-state index < -0.39 is 11.2 Å². The number of fused-ring (bicyclic) bond motifs is 1. The molecule has 146 valence electrons. The normalized spacial score (nSPS) is 16.2. The van der Waals surface area contributed by atoms with Crippen LogP contribution in [0.2, 0.25) is 0 Å². The van der Waals surface area contributed by atoms with Gasteiger partial charge in [-0.05, 0) is 31.0 Å². The second kappa shape index (κ2) is 7.04. The van der Waals surface area contributed by atoms with E-state index in [0.717, 1.165) is 19.3 Å². The maximum atomic E-state index is 12.5. The van der Waals surface area contributed by atoms with Crippen LogP contribution < -0.4 is 16.6 Å². The largest absolute Gasteiger partial charge is 0.388 e. The zero-order valence-electron chi connectivity index (χ0n) is 15.2. The zero-order valence-corrected chi connectivity index (χ0v) is 15.2. The monoisotopic (exact) mass is 383 g/mol. The summed E-state index contributed by atoms with van der Waals surface area (Å²) in [5, 5.41) is 21.6. The van der Waals surface area contributed by atoms with Crippen molar-refractivity contribution < 1.29 is 9.90 Å². The number of aliphatic hydroxyl groups is 1. The summed E-state index contributed by atoms with van der Waals surface area (Å²) in [4.78, 5) is 32.0. The van der Waals surface area contributed by atoms with Gasteiger partial charge in [-0.1, -0.05) is 25.3 Å². The minimum Gasteiger partial charge on any atom is -0.388 e. The number of aromatic amines is 1. The second-order valence-corrected chi connectivity index (χ2v) is 7.13. The summed E-state index contributed by atoms with van der Waals surface area (Å²) in [6.45, 7) is 0.221. The van der Waals surface area contributed by atoms with E-state index in [2.05, 4.69) is 25.5 Å². The van der Waals surface area contributed by atoms with Crippen LogP contribution in [-0.4, -0.2) is 48.1 Å². The number of carbonyl (C=O) groups is 1. The fourth-order valence-corrected chi connectivity index (χ4v) is 3.46. The van der Waals surface area contributed by atoms with Crippen molar-refractivity contribution in [2.75, 3.05) is 12.3 Å². The summed E-state index contributed by atoms with van der Waals surface area (Å²) in [5.74, 6) is -0.337. The Morgan fingerprint density at radius 1 is 1.29 bits per heavy atom. The third-order valence-corrected chi connectivity index (χ3v) is 4.98. The first-order chi connectivity index (χ1) is 13.4. The number of nitrogens with one attached hydrogen (secondary N) is 2. The number of aromatic nitrogens is 5. The predicted molar refractivity (Wildman–Crippen MR) is 102 cm³/mol. The zero-order chi connectivity index (χ0) is 19.7. The van der Waals surface area contributed by atoms with Crippen LogP contribution in [0.3, 0.4) is 0 Å². The molecule has 1 aliphatic carbocycles. The number of hydrogen-bond acceptors (Lipinski definition) is 7. The molecule has 0 aliphatic heterocycles. The molecule has 28 heavy (non-hydrogen) atoms. The predicted octanol–water partition coefficient (Wildman–Crippen LogP) is 0.511. The maximum absolute atomic E-state index is 12.5. The van der Waals surface area contributed by atoms with Crippen LogP contribution in [-0.2, 0) is 0 Å². The summed E-state index contributed by atoms with van der Waals surface area (Å²) in [7, 11) is 0. The van der Waals surface area contributed by atoms with Crippen molar-refractivity contribution in [3.05, 3.63) is 40.2 Å². The number of hydrogen-bond donors (Lipinski definition) is 4. The highest BCUT2D eigenvalue weighted by Gasteiger charge is 2.29. The van der Waals surface area contributed by atoms with Gasteiger partial charge in [-0.2, -0.15) is 4.98 Å². The minimum atomic E-state index is -0.834. The van der Waals surface area contributed by atoms with Gasteiger partial charge in [0, 0.05) is 12.1 Å². The van der Waals surface area contributed by atoms with Gasteiger partial charge in [0.25, 0.3) is 11.5 Å². The highest BCUT2D eigenvalue weighted by atomic mass is 16.3. The van der Waals surface area contributed by atoms with Gasteiger partial charge in [0.2, 0.25) is 11.6 Å². The lowest BCUT2D eigenvalue weighted by atomic mass is 9.85. The number of amides is 1. The topological polar surface area (TPSA) is 152 Å². The molecule has 4 rings (SSSR count). The first-order valence-electron chi connectivity index (χ1n) is 9.17. The number of anilines is 1. The Kier molecular flexibility index (Phi) is 4.55. The smallest absolute Gasteiger partial charge is 0.282 e. The quantitative estimate of drug-likeness (QED) is 0.512. The average molecular weight is 383 g/mol. The van der Waals surface area contributed by atoms with E-state index in [0.29, 0.717) is 24.1 Å². The van der Waals surface area contributed by atoms with E-state index in [9.17, 15) is 14.7 Å². The van der Waals surface area contributed by atoms with Crippen molar-refractivity contribution in [3.8, 4) is 5.69 Å². The number of benzene rings is 1. The molecule has 10 nitrogen and oxygen atoms in total. The molecular formula is C18H21N7O3. The number of nitrogen functional groups attached to an aromatic ring is 1. The number of carbonyl (C=O) groups excluding carboxylic acids is 1. The Hall–Kier alpha value is -3.27. The summed E-state index contributed by atoms with van der Waals surface area (Å²) in [6.07, 6.45) is 4.45. The molecule has 10 heteroatoms. The first kappa shape index (κ1) is 18.1. The van der Waals surface area contributed by atoms with Crippen LogP contribution in [0.4, 0.5) is 5.95 Å². The molecule has 1 amide bonds. The van der Waals surface area contributed by atoms with Gasteiger partial charge in [-0.25, -0.2) is 0 Å². The van der Waals surface area contributed by atoms with Crippen molar-refractivity contribution in [1.29, 1.82) is 0 Å². The Morgan fingerprint density at radius 2 is 2.07 bits per heavy atom. The molecule has 1 aliphatic rings. The van der Waals surface area contributed by atoms with Crippen LogP contribution in [0.5, 0.6) is 0 Å². The third-order valence-electron chi connectivity index (χ3n) is 4.98. The van der Waals surface area contributed by atoms with E-state index in [4.69, 9.17) is 5.73 Å². The maximum Gasteiger partial charge on any atom is 0.282 e. The van der Waals surface area contributed by atoms with Crippen LogP contribution in [0.25, 0.3) is 16.9 Å². The van der Waals surface area contributed by atoms with Crippen molar-refractivity contribution in [2.45, 2.75) is 37.7 Å². The highest BCUT2D eigenvalue weighted by Crippen LogP contribution is 2.27. The molecule has 3 aromatic rings. The van der Waals surface area contributed by atoms with Crippen molar-refractivity contribution in [2.24, 2.45) is 0 Å². The minimum absolute atomic E-state index is 0.0432. The second-order valence-electron chi connectivity index (χ2n) is 7.13. The third kappa shape index (κ3) is 3.58. The molecule has 5 N–H and O–H groups in total. The fourth-order valence-electron chi connectivity index (χ4n) is 3.46. The van der Waals surface area contributed by atoms with Gasteiger partial charge in [0.15, 0.2) is 5.52 Å². The lowest BCUT2D eigenvalue weighted by Gasteiger charge is -2.32. The van der Waals surface area contributed by atoms with Gasteiger partial charge in [0.1, 0.15) is 0 Å². The van der Waals surface area contributed by atoms with Crippen LogP contribution in [0.15, 0.2) is 29.1 Å². The molecule has 2 aromatic heterocycles. The van der Waals surface area contributed by atoms with Crippen LogP contribution in [0, 0.1) is 0 Å². The fraction of sp³-hybridized carbons (Fsp3) is 0.389. The van der Waals surface area contributed by atoms with E-state index >= 15 is 0 Å². The van der Waals surface area contributed by atoms with E-state index in [-0.39, 0.29) is 29.6 Å². The van der Waals surface area contributed by atoms with E-state index in [1.165, 1.54) is 4.80 Å². The van der Waals surface area contributed by atoms with E-state index in [1.807, 2.05) is 0 Å². The summed E-state index contributed by atoms with van der Waals surface area (Å²) in [6, 6.07) is 6.67. The number of H-pyrrole nitrogens is 1. The van der Waals surface area contributed by atoms with Crippen molar-refractivity contribution >= 4 is 23.0 Å². The Morgan fingerprint density at radius 3 is 2.86 bits per heavy atom. The summed E-state index contributed by atoms with van der Waals surface area (Å²) in [5.41, 5.74) is 5.29. The average Bonchev–Trinajstić information content (AvgIpc) is 3.11. The molecule has 1 fully saturated rings. The Balaban J connectivity index is 1.55. The molecule has 0 spiro atoms. The highest BCUT2D eigenvalue weighted by molar-refractivity contribution is 5.94. The van der Waals surface area contributed by atoms with Crippen LogP contribution >= 0.6 is 0 Å². The van der Waals surface area contributed by atoms with Gasteiger partial charge < -0.3 is 16.2 Å². The summed E-state index contributed by atoms with van der Waals surface area (Å²) < 4.78 is 0. The number of nitrogens with two attached hydrogens (primary N) is 1. The molecule has 0 saturated heterocycles. The molecule has 1 aromatic carbocycles. The lowest BCUT2D eigenvalue weighted by Crippen LogP contribution is -2.44. The number of nitrogens with zero attached hydrogens (tertiary/aromatic N) is 4. The van der Waals surface area contributed by atoms with Crippen LogP contribution in [0.1, 0.15) is 42.5 Å². The van der Waals surface area contributed by atoms with Gasteiger partial charge in [-0.3, -0.25) is 14.6 Å². The van der Waals surface area contributed by atoms with Gasteiger partial charge in [0.05, 0.1) is 11.3 Å². The van der Waals surface area contributed by atoms with Gasteiger partial charge in [-0.15, -0.1) is 15.0 Å². The van der Waals surface area contributed by atoms with Gasteiger partial charge >= 0.3 is 0 Å². The number of rotatable bonds is 4. The van der Waals surface area contributed by atoms with E-state index in [1.54, 1.807) is 24.3 Å². The molecular weight excluding hydrogens is 362 g/mol. The molecule has 0 atom stereocenters. The Bertz CT molecular complexity index is 1080. The molecule has 0 unspecified atom stereocenters. The molecule has 1 saturated carbocycles. The standard InChI is InChI=1S/C18H21N7O3/c19-17-21-14-13(16(27)22-17)23-25(24-14)12-6-4-5-11(9-12)15(26)20-10-18(28)7-2-1-3-8-18/h4-6,9,28H,1-3,7-8,10H2,(H,20,26)(H3,19,21,22,24,27). The SMILES string of the molecule is Nc1nc2nn(-c3cccc(C(=O)NCC4(O)CCCCC4)c3)nc2c(=O)[nH]1. The molecule has 0 bridgehead atoms. The summed E-state index contributed by atoms with van der Waals surface area (Å²) >= 11 is 0.